The van der Waals surface area contributed by atoms with Crippen LogP contribution in [0.25, 0.3) is 5.57 Å². The fourth-order valence-electron chi connectivity index (χ4n) is 3.02. The van der Waals surface area contributed by atoms with Gasteiger partial charge in [0.15, 0.2) is 0 Å². The van der Waals surface area contributed by atoms with E-state index in [4.69, 9.17) is 23.8 Å². The Kier molecular flexibility index (Phi) is 4.34. The monoisotopic (exact) mass is 400 g/mol. The predicted octanol–water partition coefficient (Wildman–Crippen LogP) is 4.09. The lowest BCUT2D eigenvalue weighted by molar-refractivity contribution is -0.121. The molecule has 1 fully saturated rings. The first-order valence-electron chi connectivity index (χ1n) is 7.87. The molecule has 0 atom stereocenters. The summed E-state index contributed by atoms with van der Waals surface area (Å²) < 4.78 is 0.457. The van der Waals surface area contributed by atoms with E-state index in [-0.39, 0.29) is 11.8 Å². The smallest absolute Gasteiger partial charge is 0.266 e. The summed E-state index contributed by atoms with van der Waals surface area (Å²) in [4.78, 5) is 29.2. The number of nitrogens with zero attached hydrogens (tertiary/aromatic N) is 2. The molecular weight excluding hydrogens is 388 g/mol. The highest BCUT2D eigenvalue weighted by atomic mass is 35.5. The summed E-state index contributed by atoms with van der Waals surface area (Å²) in [5.41, 5.74) is 2.95. The highest BCUT2D eigenvalue weighted by molar-refractivity contribution is 8.26. The van der Waals surface area contributed by atoms with Crippen molar-refractivity contribution in [3.05, 3.63) is 69.6 Å². The second-order valence-corrected chi connectivity index (χ2v) is 8.05. The summed E-state index contributed by atoms with van der Waals surface area (Å²) in [6, 6.07) is 14.9. The van der Waals surface area contributed by atoms with E-state index < -0.39 is 0 Å². The molecule has 2 amide bonds. The van der Waals surface area contributed by atoms with E-state index in [0.717, 1.165) is 16.8 Å². The van der Waals surface area contributed by atoms with Gasteiger partial charge in [0.05, 0.1) is 22.7 Å². The van der Waals surface area contributed by atoms with Crippen molar-refractivity contribution in [2.24, 2.45) is 0 Å². The highest BCUT2D eigenvalue weighted by Crippen LogP contribution is 2.44. The molecule has 0 bridgehead atoms. The third-order valence-corrected chi connectivity index (χ3v) is 6.17. The number of halogens is 1. The number of thiocarbonyl (C=S) groups is 1. The number of carbonyl (C=O) groups is 2. The number of rotatable bonds is 2. The van der Waals surface area contributed by atoms with Crippen LogP contribution in [0.1, 0.15) is 11.1 Å². The summed E-state index contributed by atoms with van der Waals surface area (Å²) in [6.07, 6.45) is 0. The van der Waals surface area contributed by atoms with Gasteiger partial charge in [-0.25, -0.2) is 0 Å². The number of hydrogen-bond donors (Lipinski definition) is 0. The number of thioether (sulfide) groups is 1. The van der Waals surface area contributed by atoms with Crippen LogP contribution in [-0.2, 0) is 16.1 Å². The molecule has 0 aromatic heterocycles. The summed E-state index contributed by atoms with van der Waals surface area (Å²) in [6.45, 7) is 0.406. The number of amides is 2. The Morgan fingerprint density at radius 1 is 1.04 bits per heavy atom. The number of likely N-dealkylation sites (N-methyl/N-ethyl adjacent to an activating group) is 1. The Hall–Kier alpha value is -2.15. The lowest BCUT2D eigenvalue weighted by Crippen LogP contribution is -2.27. The van der Waals surface area contributed by atoms with Gasteiger partial charge in [-0.2, -0.15) is 0 Å². The minimum absolute atomic E-state index is 0.185. The molecule has 130 valence electrons. The van der Waals surface area contributed by atoms with Crippen LogP contribution in [-0.4, -0.2) is 28.1 Å². The Bertz CT molecular complexity index is 985. The SMILES string of the molecule is CN1C(=O)C(=C2C(=O)N(Cc3ccc(Cl)cc3)c3ccccc32)SC1=S. The van der Waals surface area contributed by atoms with E-state index in [1.165, 1.54) is 16.7 Å². The Morgan fingerprint density at radius 2 is 1.73 bits per heavy atom. The average Bonchev–Trinajstić information content (AvgIpc) is 3.05. The zero-order valence-electron chi connectivity index (χ0n) is 13.7. The van der Waals surface area contributed by atoms with Gasteiger partial charge in [0.25, 0.3) is 11.8 Å². The lowest BCUT2D eigenvalue weighted by Gasteiger charge is -2.17. The molecule has 0 spiro atoms. The van der Waals surface area contributed by atoms with Gasteiger partial charge >= 0.3 is 0 Å². The van der Waals surface area contributed by atoms with Crippen molar-refractivity contribution in [1.29, 1.82) is 0 Å². The summed E-state index contributed by atoms with van der Waals surface area (Å²) in [5, 5.41) is 0.647. The van der Waals surface area contributed by atoms with Crippen LogP contribution >= 0.6 is 35.6 Å². The van der Waals surface area contributed by atoms with Crippen LogP contribution in [0.15, 0.2) is 53.4 Å². The number of para-hydroxylation sites is 1. The van der Waals surface area contributed by atoms with Crippen LogP contribution in [0.2, 0.25) is 5.02 Å². The molecule has 7 heteroatoms. The molecule has 0 aliphatic carbocycles. The maximum Gasteiger partial charge on any atom is 0.266 e. The van der Waals surface area contributed by atoms with Crippen molar-refractivity contribution in [1.82, 2.24) is 4.90 Å². The zero-order valence-corrected chi connectivity index (χ0v) is 16.1. The highest BCUT2D eigenvalue weighted by Gasteiger charge is 2.40. The zero-order chi connectivity index (χ0) is 18.4. The second kappa shape index (κ2) is 6.54. The van der Waals surface area contributed by atoms with Crippen LogP contribution in [0.5, 0.6) is 0 Å². The molecule has 1 saturated heterocycles. The first-order valence-corrected chi connectivity index (χ1v) is 9.47. The van der Waals surface area contributed by atoms with Crippen LogP contribution in [0.4, 0.5) is 5.69 Å². The molecule has 2 heterocycles. The minimum atomic E-state index is -0.230. The molecule has 2 aromatic rings. The molecular formula is C19H13ClN2O2S2. The van der Waals surface area contributed by atoms with Gasteiger partial charge in [-0.3, -0.25) is 14.5 Å². The first kappa shape index (κ1) is 17.3. The third-order valence-electron chi connectivity index (χ3n) is 4.37. The summed E-state index contributed by atoms with van der Waals surface area (Å²) in [5.74, 6) is -0.415. The molecule has 26 heavy (non-hydrogen) atoms. The number of carbonyl (C=O) groups excluding carboxylic acids is 2. The van der Waals surface area contributed by atoms with Gasteiger partial charge in [-0.1, -0.05) is 65.9 Å². The summed E-state index contributed by atoms with van der Waals surface area (Å²) >= 11 is 12.3. The second-order valence-electron chi connectivity index (χ2n) is 5.97. The molecule has 0 N–H and O–H groups in total. The fourth-order valence-corrected chi connectivity index (χ4v) is 4.40. The number of fused-ring (bicyclic) bond motifs is 1. The van der Waals surface area contributed by atoms with Gasteiger partial charge in [-0.15, -0.1) is 0 Å². The minimum Gasteiger partial charge on any atom is -0.303 e. The lowest BCUT2D eigenvalue weighted by atomic mass is 10.1. The van der Waals surface area contributed by atoms with E-state index >= 15 is 0 Å². The van der Waals surface area contributed by atoms with Crippen molar-refractivity contribution in [2.45, 2.75) is 6.54 Å². The molecule has 0 radical (unpaired) electrons. The van der Waals surface area contributed by atoms with Crippen molar-refractivity contribution in [3.8, 4) is 0 Å². The number of benzene rings is 2. The Balaban J connectivity index is 1.80. The van der Waals surface area contributed by atoms with Gasteiger partial charge in [0.1, 0.15) is 4.32 Å². The van der Waals surface area contributed by atoms with Gasteiger partial charge in [-0.05, 0) is 23.8 Å². The topological polar surface area (TPSA) is 40.6 Å². The van der Waals surface area contributed by atoms with Crippen LogP contribution in [0.3, 0.4) is 0 Å². The van der Waals surface area contributed by atoms with Crippen LogP contribution in [0, 0.1) is 0 Å². The fraction of sp³-hybridized carbons (Fsp3) is 0.105. The van der Waals surface area contributed by atoms with E-state index in [9.17, 15) is 9.59 Å². The van der Waals surface area contributed by atoms with Crippen molar-refractivity contribution in [3.63, 3.8) is 0 Å². The number of anilines is 1. The Morgan fingerprint density at radius 3 is 2.38 bits per heavy atom. The predicted molar refractivity (Wildman–Crippen MR) is 109 cm³/mol. The largest absolute Gasteiger partial charge is 0.303 e. The van der Waals surface area contributed by atoms with Gasteiger partial charge < -0.3 is 4.90 Å². The molecule has 2 aliphatic heterocycles. The van der Waals surface area contributed by atoms with Crippen molar-refractivity contribution in [2.75, 3.05) is 11.9 Å². The van der Waals surface area contributed by atoms with E-state index in [1.54, 1.807) is 24.1 Å². The third kappa shape index (κ3) is 2.74. The molecule has 4 nitrogen and oxygen atoms in total. The molecule has 0 saturated carbocycles. The quantitative estimate of drug-likeness (QED) is 0.562. The molecule has 4 rings (SSSR count). The molecule has 2 aromatic carbocycles. The normalized spacial score (nSPS) is 19.5. The Labute approximate surface area is 165 Å². The van der Waals surface area contributed by atoms with Crippen molar-refractivity contribution < 1.29 is 9.59 Å². The van der Waals surface area contributed by atoms with E-state index in [0.29, 0.717) is 26.4 Å². The maximum atomic E-state index is 13.2. The molecule has 0 unspecified atom stereocenters. The van der Waals surface area contributed by atoms with Gasteiger partial charge in [0, 0.05) is 17.6 Å². The van der Waals surface area contributed by atoms with Gasteiger partial charge in [0.2, 0.25) is 0 Å². The number of hydrogen-bond acceptors (Lipinski definition) is 4. The van der Waals surface area contributed by atoms with E-state index in [1.807, 2.05) is 36.4 Å². The average molecular weight is 401 g/mol. The standard InChI is InChI=1S/C19H13ClN2O2S2/c1-21-18(24)16(26-19(21)25)15-13-4-2-3-5-14(13)22(17(15)23)10-11-6-8-12(20)9-7-11/h2-9H,10H2,1H3. The van der Waals surface area contributed by atoms with Crippen LogP contribution < -0.4 is 4.90 Å². The summed E-state index contributed by atoms with van der Waals surface area (Å²) in [7, 11) is 1.63. The van der Waals surface area contributed by atoms with Crippen molar-refractivity contribution >= 4 is 63.0 Å². The van der Waals surface area contributed by atoms with E-state index in [2.05, 4.69) is 0 Å². The molecule has 2 aliphatic rings. The first-order chi connectivity index (χ1) is 12.5. The maximum absolute atomic E-state index is 13.2.